The van der Waals surface area contributed by atoms with Crippen molar-refractivity contribution in [1.29, 1.82) is 10.5 Å². The summed E-state index contributed by atoms with van der Waals surface area (Å²) in [5, 5.41) is 17.8. The van der Waals surface area contributed by atoms with Gasteiger partial charge in [-0.15, -0.1) is 0 Å². The molecule has 2 atom stereocenters. The zero-order chi connectivity index (χ0) is 20.5. The van der Waals surface area contributed by atoms with Gasteiger partial charge < -0.3 is 9.47 Å². The molecule has 1 aliphatic heterocycles. The van der Waals surface area contributed by atoms with Gasteiger partial charge in [-0.1, -0.05) is 12.5 Å². The molecule has 2 unspecified atom stereocenters. The van der Waals surface area contributed by atoms with Gasteiger partial charge in [0.15, 0.2) is 0 Å². The number of hydrogen-bond acceptors (Lipinski definition) is 7. The monoisotopic (exact) mass is 383 g/mol. The predicted molar refractivity (Wildman–Crippen MR) is 101 cm³/mol. The van der Waals surface area contributed by atoms with E-state index in [1.54, 1.807) is 18.2 Å². The number of hydrogen-bond donors (Lipinski definition) is 0. The second-order valence-electron chi connectivity index (χ2n) is 6.77. The number of benzene rings is 1. The van der Waals surface area contributed by atoms with Gasteiger partial charge in [0.05, 0.1) is 37.3 Å². The number of ether oxygens (including phenoxy) is 2. The zero-order valence-corrected chi connectivity index (χ0v) is 16.3. The standard InChI is InChI=1S/C21H25N3O4/c1-15(25)19(21(26)28-12-6-9-22)20(24-10-4-3-5-11-24)17-8-7-16(14-23)13-18(17)27-2/h7-8,13,19-20H,3-6,10-12H2,1-2H3. The highest BCUT2D eigenvalue weighted by atomic mass is 16.5. The molecule has 0 amide bonds. The van der Waals surface area contributed by atoms with Crippen LogP contribution in [0.3, 0.4) is 0 Å². The Bertz CT molecular complexity index is 788. The lowest BCUT2D eigenvalue weighted by molar-refractivity contribution is -0.154. The van der Waals surface area contributed by atoms with Crippen LogP contribution in [0.15, 0.2) is 18.2 Å². The van der Waals surface area contributed by atoms with Gasteiger partial charge in [0.25, 0.3) is 0 Å². The number of piperidine rings is 1. The molecule has 28 heavy (non-hydrogen) atoms. The Hall–Kier alpha value is -2.90. The summed E-state index contributed by atoms with van der Waals surface area (Å²) in [6.07, 6.45) is 3.13. The summed E-state index contributed by atoms with van der Waals surface area (Å²) in [7, 11) is 1.50. The number of carbonyl (C=O) groups excluding carboxylic acids is 2. The fourth-order valence-electron chi connectivity index (χ4n) is 3.61. The van der Waals surface area contributed by atoms with Crippen molar-refractivity contribution >= 4 is 11.8 Å². The molecule has 2 rings (SSSR count). The molecule has 1 fully saturated rings. The molecule has 0 bridgehead atoms. The highest BCUT2D eigenvalue weighted by Gasteiger charge is 2.40. The topological polar surface area (TPSA) is 103 Å². The third-order valence-corrected chi connectivity index (χ3v) is 4.93. The Labute approximate surface area is 165 Å². The Morgan fingerprint density at radius 2 is 1.93 bits per heavy atom. The average Bonchev–Trinajstić information content (AvgIpc) is 2.72. The summed E-state index contributed by atoms with van der Waals surface area (Å²) in [5.41, 5.74) is 1.12. The van der Waals surface area contributed by atoms with E-state index in [2.05, 4.69) is 11.0 Å². The zero-order valence-electron chi connectivity index (χ0n) is 16.3. The van der Waals surface area contributed by atoms with Gasteiger partial charge in [0.2, 0.25) is 0 Å². The lowest BCUT2D eigenvalue weighted by Gasteiger charge is -2.38. The van der Waals surface area contributed by atoms with Crippen molar-refractivity contribution in [3.8, 4) is 17.9 Å². The summed E-state index contributed by atoms with van der Waals surface area (Å²) in [6.45, 7) is 2.84. The first-order valence-corrected chi connectivity index (χ1v) is 9.39. The largest absolute Gasteiger partial charge is 0.496 e. The molecular formula is C21H25N3O4. The number of esters is 1. The van der Waals surface area contributed by atoms with Gasteiger partial charge in [0, 0.05) is 5.56 Å². The van der Waals surface area contributed by atoms with Gasteiger partial charge in [-0.25, -0.2) is 0 Å². The third-order valence-electron chi connectivity index (χ3n) is 4.93. The summed E-state index contributed by atoms with van der Waals surface area (Å²) in [4.78, 5) is 27.4. The van der Waals surface area contributed by atoms with E-state index in [1.807, 2.05) is 6.07 Å². The van der Waals surface area contributed by atoms with Crippen molar-refractivity contribution in [3.05, 3.63) is 29.3 Å². The molecule has 1 aromatic rings. The van der Waals surface area contributed by atoms with Crippen LogP contribution >= 0.6 is 0 Å². The molecule has 0 radical (unpaired) electrons. The maximum absolute atomic E-state index is 12.8. The van der Waals surface area contributed by atoms with Crippen LogP contribution in [0.25, 0.3) is 0 Å². The van der Waals surface area contributed by atoms with Gasteiger partial charge in [-0.3, -0.25) is 14.5 Å². The molecule has 1 heterocycles. The van der Waals surface area contributed by atoms with E-state index in [4.69, 9.17) is 14.7 Å². The van der Waals surface area contributed by atoms with E-state index in [0.717, 1.165) is 32.4 Å². The molecular weight excluding hydrogens is 358 g/mol. The first kappa shape index (κ1) is 21.4. The summed E-state index contributed by atoms with van der Waals surface area (Å²) < 4.78 is 10.7. The molecule has 1 saturated heterocycles. The molecule has 7 nitrogen and oxygen atoms in total. The highest BCUT2D eigenvalue weighted by molar-refractivity contribution is 5.98. The first-order chi connectivity index (χ1) is 13.5. The lowest BCUT2D eigenvalue weighted by atomic mass is 9.86. The van der Waals surface area contributed by atoms with E-state index >= 15 is 0 Å². The number of likely N-dealkylation sites (tertiary alicyclic amines) is 1. The molecule has 0 aromatic heterocycles. The van der Waals surface area contributed by atoms with E-state index < -0.39 is 17.9 Å². The minimum Gasteiger partial charge on any atom is -0.496 e. The van der Waals surface area contributed by atoms with E-state index in [0.29, 0.717) is 16.9 Å². The molecule has 148 valence electrons. The van der Waals surface area contributed by atoms with Crippen LogP contribution in [-0.4, -0.2) is 43.5 Å². The van der Waals surface area contributed by atoms with E-state index in [-0.39, 0.29) is 18.8 Å². The third kappa shape index (κ3) is 5.09. The molecule has 1 aliphatic rings. The normalized spacial score (nSPS) is 16.3. The summed E-state index contributed by atoms with van der Waals surface area (Å²) >= 11 is 0. The maximum atomic E-state index is 12.8. The van der Waals surface area contributed by atoms with Gasteiger partial charge >= 0.3 is 5.97 Å². The number of rotatable bonds is 8. The van der Waals surface area contributed by atoms with Crippen LogP contribution in [0.4, 0.5) is 0 Å². The second-order valence-corrected chi connectivity index (χ2v) is 6.77. The van der Waals surface area contributed by atoms with Crippen LogP contribution in [0.5, 0.6) is 5.75 Å². The van der Waals surface area contributed by atoms with Crippen LogP contribution in [0.1, 0.15) is 49.8 Å². The predicted octanol–water partition coefficient (Wildman–Crippen LogP) is 2.76. The van der Waals surface area contributed by atoms with Crippen molar-refractivity contribution in [2.75, 3.05) is 26.8 Å². The average molecular weight is 383 g/mol. The number of nitriles is 2. The van der Waals surface area contributed by atoms with Crippen molar-refractivity contribution in [3.63, 3.8) is 0 Å². The lowest BCUT2D eigenvalue weighted by Crippen LogP contribution is -2.43. The maximum Gasteiger partial charge on any atom is 0.318 e. The molecule has 0 aliphatic carbocycles. The molecule has 7 heteroatoms. The van der Waals surface area contributed by atoms with E-state index in [1.165, 1.54) is 14.0 Å². The Kier molecular flexibility index (Phi) is 7.98. The quantitative estimate of drug-likeness (QED) is 0.386. The van der Waals surface area contributed by atoms with Crippen LogP contribution in [0, 0.1) is 28.6 Å². The Morgan fingerprint density at radius 3 is 2.50 bits per heavy atom. The molecule has 0 saturated carbocycles. The van der Waals surface area contributed by atoms with Crippen molar-refractivity contribution in [2.45, 2.75) is 38.6 Å². The number of Topliss-reactive ketones (excluding diaryl/α,β-unsaturated/α-hetero) is 1. The SMILES string of the molecule is COc1cc(C#N)ccc1C(C(C(C)=O)C(=O)OCCC#N)N1CCCCC1. The van der Waals surface area contributed by atoms with Crippen LogP contribution in [-0.2, 0) is 14.3 Å². The molecule has 0 N–H and O–H groups in total. The van der Waals surface area contributed by atoms with Gasteiger partial charge in [0.1, 0.15) is 24.1 Å². The second kappa shape index (κ2) is 10.4. The number of ketones is 1. The number of nitrogens with zero attached hydrogens (tertiary/aromatic N) is 3. The fourth-order valence-corrected chi connectivity index (χ4v) is 3.61. The molecule has 1 aromatic carbocycles. The molecule has 0 spiro atoms. The summed E-state index contributed by atoms with van der Waals surface area (Å²) in [5.74, 6) is -1.50. The van der Waals surface area contributed by atoms with Crippen molar-refractivity contribution < 1.29 is 19.1 Å². The van der Waals surface area contributed by atoms with Gasteiger partial charge in [-0.2, -0.15) is 10.5 Å². The fraction of sp³-hybridized carbons (Fsp3) is 0.524. The van der Waals surface area contributed by atoms with Gasteiger partial charge in [-0.05, 0) is 45.0 Å². The Morgan fingerprint density at radius 1 is 1.21 bits per heavy atom. The van der Waals surface area contributed by atoms with Crippen LogP contribution < -0.4 is 4.74 Å². The number of methoxy groups -OCH3 is 1. The Balaban J connectivity index is 2.48. The summed E-state index contributed by atoms with van der Waals surface area (Å²) in [6, 6.07) is 8.47. The minimum atomic E-state index is -1.03. The highest BCUT2D eigenvalue weighted by Crippen LogP contribution is 2.38. The van der Waals surface area contributed by atoms with Crippen LogP contribution in [0.2, 0.25) is 0 Å². The van der Waals surface area contributed by atoms with Crippen molar-refractivity contribution in [1.82, 2.24) is 4.90 Å². The number of carbonyl (C=O) groups is 2. The van der Waals surface area contributed by atoms with Crippen molar-refractivity contribution in [2.24, 2.45) is 5.92 Å². The smallest absolute Gasteiger partial charge is 0.318 e. The minimum absolute atomic E-state index is 0.0453. The van der Waals surface area contributed by atoms with E-state index in [9.17, 15) is 14.9 Å². The first-order valence-electron chi connectivity index (χ1n) is 9.39.